The van der Waals surface area contributed by atoms with E-state index in [0.29, 0.717) is 11.4 Å². The van der Waals surface area contributed by atoms with Crippen LogP contribution in [-0.4, -0.2) is 32.4 Å². The topological polar surface area (TPSA) is 137 Å². The molecule has 0 aliphatic rings. The van der Waals surface area contributed by atoms with Crippen molar-refractivity contribution in [3.05, 3.63) is 90.0 Å². The molecule has 4 aromatic rings. The Morgan fingerprint density at radius 3 is 2.47 bits per heavy atom. The number of rotatable bonds is 8. The summed E-state index contributed by atoms with van der Waals surface area (Å²) >= 11 is 0. The summed E-state index contributed by atoms with van der Waals surface area (Å²) in [6, 6.07) is 17.2. The molecule has 32 heavy (non-hydrogen) atoms. The second-order valence-electron chi connectivity index (χ2n) is 6.92. The molecule has 0 spiro atoms. The Balaban J connectivity index is 1.67. The molecule has 0 fully saturated rings. The fourth-order valence-corrected chi connectivity index (χ4v) is 3.20. The van der Waals surface area contributed by atoms with Crippen molar-refractivity contribution in [3.8, 4) is 5.69 Å². The van der Waals surface area contributed by atoms with E-state index in [4.69, 9.17) is 11.5 Å². The van der Waals surface area contributed by atoms with Crippen LogP contribution in [-0.2, 0) is 0 Å². The molecule has 0 bridgehead atoms. The number of carbonyl (C=O) groups excluding carboxylic acids is 1. The number of aromatic nitrogens is 4. The molecular weight excluding hydrogens is 411 g/mol. The van der Waals surface area contributed by atoms with Gasteiger partial charge in [-0.1, -0.05) is 36.4 Å². The fourth-order valence-electron chi connectivity index (χ4n) is 3.20. The van der Waals surface area contributed by atoms with E-state index in [2.05, 4.69) is 25.8 Å². The van der Waals surface area contributed by atoms with Gasteiger partial charge in [0.2, 0.25) is 0 Å². The lowest BCUT2D eigenvalue weighted by atomic mass is 10.1. The molecular formula is C22H21FN8O. The summed E-state index contributed by atoms with van der Waals surface area (Å²) in [6.45, 7) is 0.213. The molecule has 1 amide bonds. The Labute approximate surface area is 183 Å². The van der Waals surface area contributed by atoms with Gasteiger partial charge in [-0.2, -0.15) is 15.0 Å². The largest absolute Gasteiger partial charge is 0.365 e. The smallest absolute Gasteiger partial charge is 0.252 e. The summed E-state index contributed by atoms with van der Waals surface area (Å²) in [5, 5.41) is 14.2. The van der Waals surface area contributed by atoms with Crippen LogP contribution in [0.4, 0.5) is 21.7 Å². The first-order valence-electron chi connectivity index (χ1n) is 9.81. The van der Waals surface area contributed by atoms with Crippen molar-refractivity contribution in [1.82, 2.24) is 20.0 Å². The summed E-state index contributed by atoms with van der Waals surface area (Å²) in [5.74, 6) is -1.47. The van der Waals surface area contributed by atoms with E-state index in [0.717, 1.165) is 11.6 Å². The van der Waals surface area contributed by atoms with Gasteiger partial charge in [0, 0.05) is 12.2 Å². The molecule has 2 heterocycles. The lowest BCUT2D eigenvalue weighted by molar-refractivity contribution is 0.100. The van der Waals surface area contributed by atoms with Crippen molar-refractivity contribution in [3.63, 3.8) is 0 Å². The van der Waals surface area contributed by atoms with E-state index in [1.54, 1.807) is 30.6 Å². The molecule has 9 nitrogen and oxygen atoms in total. The molecule has 0 saturated carbocycles. The Hall–Kier alpha value is -4.31. The van der Waals surface area contributed by atoms with Crippen molar-refractivity contribution in [1.29, 1.82) is 0 Å². The summed E-state index contributed by atoms with van der Waals surface area (Å²) in [6.07, 6.45) is 3.12. The molecule has 1 unspecified atom stereocenters. The zero-order chi connectivity index (χ0) is 22.5. The molecule has 1 atom stereocenters. The van der Waals surface area contributed by atoms with Crippen LogP contribution in [0.2, 0.25) is 0 Å². The number of halogens is 1. The average Bonchev–Trinajstić information content (AvgIpc) is 3.35. The van der Waals surface area contributed by atoms with Crippen LogP contribution in [0.25, 0.3) is 5.69 Å². The van der Waals surface area contributed by atoms with Crippen LogP contribution in [0.5, 0.6) is 0 Å². The normalized spacial score (nSPS) is 11.7. The maximum absolute atomic E-state index is 14.8. The first-order chi connectivity index (χ1) is 15.5. The predicted molar refractivity (Wildman–Crippen MR) is 119 cm³/mol. The molecule has 2 aromatic heterocycles. The highest BCUT2D eigenvalue weighted by Crippen LogP contribution is 2.27. The number of amides is 1. The second kappa shape index (κ2) is 9.23. The average molecular weight is 432 g/mol. The Morgan fingerprint density at radius 2 is 1.78 bits per heavy atom. The monoisotopic (exact) mass is 432 g/mol. The third kappa shape index (κ3) is 4.55. The van der Waals surface area contributed by atoms with Crippen molar-refractivity contribution in [2.45, 2.75) is 6.04 Å². The van der Waals surface area contributed by atoms with E-state index < -0.39 is 11.7 Å². The highest BCUT2D eigenvalue weighted by atomic mass is 19.1. The van der Waals surface area contributed by atoms with E-state index >= 15 is 0 Å². The van der Waals surface area contributed by atoms with Gasteiger partial charge >= 0.3 is 0 Å². The number of carbonyl (C=O) groups is 1. The van der Waals surface area contributed by atoms with Gasteiger partial charge in [-0.15, -0.1) is 0 Å². The van der Waals surface area contributed by atoms with Crippen LogP contribution < -0.4 is 22.1 Å². The zero-order valence-corrected chi connectivity index (χ0v) is 16.9. The van der Waals surface area contributed by atoms with Gasteiger partial charge in [-0.3, -0.25) is 4.79 Å². The summed E-state index contributed by atoms with van der Waals surface area (Å²) in [7, 11) is 0. The number of nitrogens with zero attached hydrogens (tertiary/aromatic N) is 4. The lowest BCUT2D eigenvalue weighted by Gasteiger charge is -2.20. The van der Waals surface area contributed by atoms with Crippen molar-refractivity contribution < 1.29 is 9.18 Å². The zero-order valence-electron chi connectivity index (χ0n) is 16.9. The van der Waals surface area contributed by atoms with Crippen LogP contribution in [0.15, 0.2) is 73.1 Å². The minimum Gasteiger partial charge on any atom is -0.365 e. The highest BCUT2D eigenvalue weighted by Gasteiger charge is 2.19. The molecule has 0 aliphatic heterocycles. The SMILES string of the molecule is NCC(Nc1nc(Nc2cccc(-n3nccn3)c2)c(C(N)=O)cc1F)c1ccccc1. The molecule has 162 valence electrons. The quantitative estimate of drug-likeness (QED) is 0.336. The number of pyridine rings is 1. The van der Waals surface area contributed by atoms with Gasteiger partial charge in [0.25, 0.3) is 5.91 Å². The van der Waals surface area contributed by atoms with Crippen LogP contribution in [0.3, 0.4) is 0 Å². The molecule has 2 aromatic carbocycles. The highest BCUT2D eigenvalue weighted by molar-refractivity contribution is 5.98. The first-order valence-corrected chi connectivity index (χ1v) is 9.81. The second-order valence-corrected chi connectivity index (χ2v) is 6.92. The Morgan fingerprint density at radius 1 is 1.03 bits per heavy atom. The number of hydrogen-bond donors (Lipinski definition) is 4. The summed E-state index contributed by atoms with van der Waals surface area (Å²) < 4.78 is 14.8. The van der Waals surface area contributed by atoms with Crippen LogP contribution in [0.1, 0.15) is 22.0 Å². The molecule has 10 heteroatoms. The number of primary amides is 1. The number of benzene rings is 2. The minimum atomic E-state index is -0.811. The maximum atomic E-state index is 14.8. The standard InChI is InChI=1S/C22H21FN8O/c23-18-12-17(20(25)32)21(28-15-7-4-8-16(11-15)31-26-9-10-27-31)30-22(18)29-19(13-24)14-5-2-1-3-6-14/h1-12,19H,13,24H2,(H2,25,32)(H2,28,29,30). The third-order valence-electron chi connectivity index (χ3n) is 4.75. The maximum Gasteiger partial charge on any atom is 0.252 e. The molecule has 0 saturated heterocycles. The van der Waals surface area contributed by atoms with Crippen molar-refractivity contribution >= 4 is 23.2 Å². The summed E-state index contributed by atoms with van der Waals surface area (Å²) in [5.41, 5.74) is 13.4. The van der Waals surface area contributed by atoms with E-state index in [1.807, 2.05) is 36.4 Å². The van der Waals surface area contributed by atoms with Crippen LogP contribution in [0, 0.1) is 5.82 Å². The van der Waals surface area contributed by atoms with Gasteiger partial charge in [0.15, 0.2) is 11.6 Å². The van der Waals surface area contributed by atoms with Gasteiger partial charge in [-0.25, -0.2) is 9.37 Å². The van der Waals surface area contributed by atoms with Gasteiger partial charge in [-0.05, 0) is 29.8 Å². The number of anilines is 3. The van der Waals surface area contributed by atoms with E-state index in [1.165, 1.54) is 4.80 Å². The number of nitrogens with two attached hydrogens (primary N) is 2. The number of nitrogens with one attached hydrogen (secondary N) is 2. The third-order valence-corrected chi connectivity index (χ3v) is 4.75. The van der Waals surface area contributed by atoms with Gasteiger partial charge < -0.3 is 22.1 Å². The predicted octanol–water partition coefficient (Wildman–Crippen LogP) is 2.76. The fraction of sp³-hybridized carbons (Fsp3) is 0.0909. The Bertz CT molecular complexity index is 1210. The van der Waals surface area contributed by atoms with Crippen molar-refractivity contribution in [2.24, 2.45) is 11.5 Å². The van der Waals surface area contributed by atoms with Crippen molar-refractivity contribution in [2.75, 3.05) is 17.2 Å². The number of hydrogen-bond acceptors (Lipinski definition) is 7. The van der Waals surface area contributed by atoms with Gasteiger partial charge in [0.05, 0.1) is 29.7 Å². The Kier molecular flexibility index (Phi) is 6.04. The molecule has 0 aliphatic carbocycles. The molecule has 0 radical (unpaired) electrons. The van der Waals surface area contributed by atoms with E-state index in [9.17, 15) is 9.18 Å². The minimum absolute atomic E-state index is 0.0540. The van der Waals surface area contributed by atoms with Gasteiger partial charge in [0.1, 0.15) is 5.82 Å². The summed E-state index contributed by atoms with van der Waals surface area (Å²) in [4.78, 5) is 17.7. The lowest BCUT2D eigenvalue weighted by Crippen LogP contribution is -2.23. The van der Waals surface area contributed by atoms with Crippen LogP contribution >= 0.6 is 0 Å². The first kappa shape index (κ1) is 20.9. The van der Waals surface area contributed by atoms with E-state index in [-0.39, 0.29) is 29.8 Å². The molecule has 6 N–H and O–H groups in total. The molecule has 4 rings (SSSR count).